The monoisotopic (exact) mass is 207 g/mol. The Morgan fingerprint density at radius 1 is 1.33 bits per heavy atom. The van der Waals surface area contributed by atoms with Crippen LogP contribution in [0.2, 0.25) is 0 Å². The molecule has 0 aliphatic carbocycles. The van der Waals surface area contributed by atoms with E-state index in [9.17, 15) is 9.59 Å². The molecule has 0 spiro atoms. The van der Waals surface area contributed by atoms with Gasteiger partial charge in [-0.25, -0.2) is 0 Å². The molecule has 6 heteroatoms. The molecule has 1 rings (SSSR count). The number of halogens is 2. The van der Waals surface area contributed by atoms with E-state index < -0.39 is 10.5 Å². The summed E-state index contributed by atoms with van der Waals surface area (Å²) in [5.41, 5.74) is -0.314. The first kappa shape index (κ1) is 9.22. The van der Waals surface area contributed by atoms with Crippen molar-refractivity contribution in [3.63, 3.8) is 0 Å². The second-order valence-electron chi connectivity index (χ2n) is 2.01. The topological polar surface area (TPSA) is 60.2 Å². The molecule has 0 saturated heterocycles. The molecule has 0 radical (unpaired) electrons. The van der Waals surface area contributed by atoms with Crippen LogP contribution < -0.4 is 0 Å². The fraction of sp³-hybridized carbons (Fsp3) is 0.167. The van der Waals surface area contributed by atoms with Crippen molar-refractivity contribution >= 4 is 33.7 Å². The number of carbonyl (C=O) groups excluding carboxylic acids is 2. The summed E-state index contributed by atoms with van der Waals surface area (Å²) >= 11 is 10.2. The zero-order valence-electron chi connectivity index (χ0n) is 5.93. The number of hydrogen-bond donors (Lipinski definition) is 0. The number of rotatable bonds is 2. The molecule has 0 fully saturated rings. The second kappa shape index (κ2) is 3.25. The van der Waals surface area contributed by atoms with Crippen LogP contribution in [-0.4, -0.2) is 15.6 Å². The minimum atomic E-state index is -0.865. The van der Waals surface area contributed by atoms with Crippen molar-refractivity contribution in [1.82, 2.24) is 5.16 Å². The Morgan fingerprint density at radius 3 is 2.25 bits per heavy atom. The average Bonchev–Trinajstić information content (AvgIpc) is 2.30. The lowest BCUT2D eigenvalue weighted by Gasteiger charge is -1.88. The molecule has 12 heavy (non-hydrogen) atoms. The lowest BCUT2D eigenvalue weighted by atomic mass is 10.2. The van der Waals surface area contributed by atoms with Gasteiger partial charge in [-0.3, -0.25) is 9.59 Å². The molecular weight excluding hydrogens is 205 g/mol. The van der Waals surface area contributed by atoms with Gasteiger partial charge < -0.3 is 4.52 Å². The van der Waals surface area contributed by atoms with Crippen molar-refractivity contribution in [2.24, 2.45) is 0 Å². The molecule has 0 aliphatic rings. The van der Waals surface area contributed by atoms with Crippen molar-refractivity contribution in [2.75, 3.05) is 0 Å². The van der Waals surface area contributed by atoms with Gasteiger partial charge in [0.1, 0.15) is 11.3 Å². The van der Waals surface area contributed by atoms with Crippen LogP contribution in [0.1, 0.15) is 26.6 Å². The molecule has 4 nitrogen and oxygen atoms in total. The van der Waals surface area contributed by atoms with Crippen molar-refractivity contribution in [3.8, 4) is 0 Å². The van der Waals surface area contributed by atoms with Crippen LogP contribution in [-0.2, 0) is 0 Å². The molecule has 0 saturated carbocycles. The fourth-order valence-electron chi connectivity index (χ4n) is 0.738. The van der Waals surface area contributed by atoms with E-state index in [1.54, 1.807) is 0 Å². The SMILES string of the molecule is Cc1onc(C(=O)Cl)c1C(=O)Cl. The Hall–Kier alpha value is -0.870. The number of carbonyl (C=O) groups is 2. The van der Waals surface area contributed by atoms with Crippen molar-refractivity contribution in [2.45, 2.75) is 6.92 Å². The van der Waals surface area contributed by atoms with Gasteiger partial charge in [-0.15, -0.1) is 0 Å². The molecular formula is C6H3Cl2NO3. The summed E-state index contributed by atoms with van der Waals surface area (Å²) in [5.74, 6) is 0.180. The van der Waals surface area contributed by atoms with E-state index in [1.165, 1.54) is 6.92 Å². The summed E-state index contributed by atoms with van der Waals surface area (Å²) in [4.78, 5) is 21.3. The normalized spacial score (nSPS) is 9.92. The highest BCUT2D eigenvalue weighted by molar-refractivity contribution is 6.71. The van der Waals surface area contributed by atoms with Crippen LogP contribution in [0.4, 0.5) is 0 Å². The maximum Gasteiger partial charge on any atom is 0.275 e. The van der Waals surface area contributed by atoms with E-state index in [1.807, 2.05) is 0 Å². The first-order chi connectivity index (χ1) is 5.54. The summed E-state index contributed by atoms with van der Waals surface area (Å²) in [6.07, 6.45) is 0. The molecule has 0 atom stereocenters. The molecule has 64 valence electrons. The first-order valence-electron chi connectivity index (χ1n) is 2.90. The molecule has 1 aromatic heterocycles. The summed E-state index contributed by atoms with van der Waals surface area (Å²) in [5, 5.41) is 1.60. The van der Waals surface area contributed by atoms with Crippen molar-refractivity contribution in [1.29, 1.82) is 0 Å². The summed E-state index contributed by atoms with van der Waals surface area (Å²) in [6.45, 7) is 1.46. The third kappa shape index (κ3) is 1.49. The van der Waals surface area contributed by atoms with Crippen LogP contribution in [0.15, 0.2) is 4.52 Å². The number of hydrogen-bond acceptors (Lipinski definition) is 4. The van der Waals surface area contributed by atoms with Gasteiger partial charge in [-0.05, 0) is 30.1 Å². The van der Waals surface area contributed by atoms with Gasteiger partial charge in [0, 0.05) is 0 Å². The van der Waals surface area contributed by atoms with E-state index >= 15 is 0 Å². The van der Waals surface area contributed by atoms with Gasteiger partial charge in [0.25, 0.3) is 10.5 Å². The maximum atomic E-state index is 10.7. The summed E-state index contributed by atoms with van der Waals surface area (Å²) in [6, 6.07) is 0. The second-order valence-corrected chi connectivity index (χ2v) is 2.70. The number of nitrogens with zero attached hydrogens (tertiary/aromatic N) is 1. The van der Waals surface area contributed by atoms with Crippen LogP contribution in [0.25, 0.3) is 0 Å². The standard InChI is InChI=1S/C6H3Cl2NO3/c1-2-3(5(7)10)4(6(8)11)9-12-2/h1H3. The minimum Gasteiger partial charge on any atom is -0.360 e. The molecule has 1 aromatic rings. The average molecular weight is 208 g/mol. The largest absolute Gasteiger partial charge is 0.360 e. The quantitative estimate of drug-likeness (QED) is 0.694. The third-order valence-electron chi connectivity index (χ3n) is 1.25. The highest BCUT2D eigenvalue weighted by Crippen LogP contribution is 2.17. The molecule has 0 unspecified atom stereocenters. The van der Waals surface area contributed by atoms with Crippen LogP contribution >= 0.6 is 23.2 Å². The Morgan fingerprint density at radius 2 is 1.92 bits per heavy atom. The van der Waals surface area contributed by atoms with E-state index in [4.69, 9.17) is 23.2 Å². The zero-order valence-corrected chi connectivity index (χ0v) is 7.44. The van der Waals surface area contributed by atoms with E-state index in [0.29, 0.717) is 0 Å². The predicted molar refractivity (Wildman–Crippen MR) is 41.6 cm³/mol. The Bertz CT molecular complexity index is 345. The molecule has 0 amide bonds. The van der Waals surface area contributed by atoms with Gasteiger partial charge in [-0.2, -0.15) is 0 Å². The van der Waals surface area contributed by atoms with Crippen molar-refractivity contribution in [3.05, 3.63) is 17.0 Å². The predicted octanol–water partition coefficient (Wildman–Crippen LogP) is 1.74. The highest BCUT2D eigenvalue weighted by Gasteiger charge is 2.22. The van der Waals surface area contributed by atoms with Crippen LogP contribution in [0.5, 0.6) is 0 Å². The zero-order chi connectivity index (χ0) is 9.30. The van der Waals surface area contributed by atoms with E-state index in [0.717, 1.165) is 0 Å². The lowest BCUT2D eigenvalue weighted by molar-refractivity contribution is 0.104. The number of aromatic nitrogens is 1. The Labute approximate surface area is 77.4 Å². The number of aryl methyl sites for hydroxylation is 1. The van der Waals surface area contributed by atoms with Gasteiger partial charge in [0.05, 0.1) is 0 Å². The molecule has 0 aromatic carbocycles. The van der Waals surface area contributed by atoms with Gasteiger partial charge in [0.2, 0.25) is 0 Å². The Kier molecular flexibility index (Phi) is 2.49. The first-order valence-corrected chi connectivity index (χ1v) is 3.65. The molecule has 0 aliphatic heterocycles. The molecule has 0 bridgehead atoms. The maximum absolute atomic E-state index is 10.7. The molecule has 1 heterocycles. The smallest absolute Gasteiger partial charge is 0.275 e. The summed E-state index contributed by atoms with van der Waals surface area (Å²) < 4.78 is 4.56. The van der Waals surface area contributed by atoms with Gasteiger partial charge in [0.15, 0.2) is 5.69 Å². The highest BCUT2D eigenvalue weighted by atomic mass is 35.5. The molecule has 0 N–H and O–H groups in total. The third-order valence-corrected chi connectivity index (χ3v) is 1.61. The van der Waals surface area contributed by atoms with E-state index in [-0.39, 0.29) is 17.0 Å². The van der Waals surface area contributed by atoms with Gasteiger partial charge in [-0.1, -0.05) is 5.16 Å². The van der Waals surface area contributed by atoms with Gasteiger partial charge >= 0.3 is 0 Å². The summed E-state index contributed by atoms with van der Waals surface area (Å²) in [7, 11) is 0. The van der Waals surface area contributed by atoms with E-state index in [2.05, 4.69) is 9.68 Å². The van der Waals surface area contributed by atoms with Crippen LogP contribution in [0, 0.1) is 6.92 Å². The fourth-order valence-corrected chi connectivity index (χ4v) is 1.09. The van der Waals surface area contributed by atoms with Crippen LogP contribution in [0.3, 0.4) is 0 Å². The van der Waals surface area contributed by atoms with Crippen molar-refractivity contribution < 1.29 is 14.1 Å². The Balaban J connectivity index is 3.31. The lowest BCUT2D eigenvalue weighted by Crippen LogP contribution is -1.99. The minimum absolute atomic E-state index is 0.0725.